The van der Waals surface area contributed by atoms with Gasteiger partial charge in [0.25, 0.3) is 5.91 Å². The van der Waals surface area contributed by atoms with Crippen molar-refractivity contribution in [2.24, 2.45) is 0 Å². The summed E-state index contributed by atoms with van der Waals surface area (Å²) >= 11 is 0. The first kappa shape index (κ1) is 24.3. The lowest BCUT2D eigenvalue weighted by molar-refractivity contribution is -0.396. The molecular weight excluding hydrogens is 487 g/mol. The predicted octanol–water partition coefficient (Wildman–Crippen LogP) is 4.33. The third-order valence-electron chi connectivity index (χ3n) is 6.62. The van der Waals surface area contributed by atoms with Crippen molar-refractivity contribution in [2.45, 2.75) is 19.0 Å². The molecule has 0 aliphatic heterocycles. The Balaban J connectivity index is 1.42. The van der Waals surface area contributed by atoms with Gasteiger partial charge >= 0.3 is 14.4 Å². The molecule has 4 aromatic carbocycles. The smallest absolute Gasteiger partial charge is 0.390 e. The summed E-state index contributed by atoms with van der Waals surface area (Å²) in [5.41, 5.74) is 0. The lowest BCUT2D eigenvalue weighted by atomic mass is 10.1. The van der Waals surface area contributed by atoms with Crippen molar-refractivity contribution in [2.75, 3.05) is 6.54 Å². The van der Waals surface area contributed by atoms with Gasteiger partial charge < -0.3 is 19.5 Å². The summed E-state index contributed by atoms with van der Waals surface area (Å²) in [6, 6.07) is 27.6. The zero-order valence-corrected chi connectivity index (χ0v) is 21.0. The Bertz CT molecular complexity index is 1510. The maximum Gasteiger partial charge on any atom is 0.435 e. The molecule has 1 amide bonds. The average molecular weight is 513 g/mol. The molecule has 0 aliphatic carbocycles. The van der Waals surface area contributed by atoms with E-state index >= 15 is 4.11 Å². The first-order valence-corrected chi connectivity index (χ1v) is 14.1. The molecule has 0 radical (unpaired) electrons. The van der Waals surface area contributed by atoms with Gasteiger partial charge in [-0.15, -0.1) is 0 Å². The number of carbonyl (C=O) groups is 1. The van der Waals surface area contributed by atoms with Gasteiger partial charge in [-0.25, -0.2) is 4.57 Å². The maximum absolute atomic E-state index is 17.6. The van der Waals surface area contributed by atoms with Gasteiger partial charge in [0.1, 0.15) is 12.4 Å². The molecule has 0 unspecified atom stereocenters. The van der Waals surface area contributed by atoms with Crippen LogP contribution >= 0.6 is 0 Å². The highest BCUT2D eigenvalue weighted by molar-refractivity contribution is 6.99. The molecule has 37 heavy (non-hydrogen) atoms. The van der Waals surface area contributed by atoms with Crippen LogP contribution < -0.4 is 15.7 Å². The van der Waals surface area contributed by atoms with Crippen molar-refractivity contribution in [3.63, 3.8) is 0 Å². The molecule has 9 heteroatoms. The third kappa shape index (κ3) is 4.85. The summed E-state index contributed by atoms with van der Waals surface area (Å²) in [5.74, 6) is -0.778. The van der Waals surface area contributed by atoms with E-state index in [1.807, 2.05) is 84.9 Å². The number of carbonyl (C=O) groups excluding carboxylic acids is 1. The number of fused-ring (bicyclic) bond motifs is 2. The van der Waals surface area contributed by atoms with E-state index in [-0.39, 0.29) is 25.0 Å². The van der Waals surface area contributed by atoms with Crippen molar-refractivity contribution >= 4 is 52.2 Å². The van der Waals surface area contributed by atoms with Gasteiger partial charge in [-0.1, -0.05) is 89.9 Å². The molecule has 1 aromatic heterocycles. The van der Waals surface area contributed by atoms with Gasteiger partial charge in [0.2, 0.25) is 0 Å². The van der Waals surface area contributed by atoms with Crippen LogP contribution in [0.1, 0.15) is 6.42 Å². The Morgan fingerprint density at radius 1 is 0.919 bits per heavy atom. The normalized spacial score (nSPS) is 11.6. The second kappa shape index (κ2) is 10.3. The Hall–Kier alpha value is -4.37. The number of imidazole rings is 1. The number of hydrogen-bond donors (Lipinski definition) is 1. The van der Waals surface area contributed by atoms with Crippen molar-refractivity contribution in [3.05, 3.63) is 107 Å². The van der Waals surface area contributed by atoms with Gasteiger partial charge in [0, 0.05) is 6.54 Å². The van der Waals surface area contributed by atoms with E-state index in [1.54, 1.807) is 0 Å². The predicted molar refractivity (Wildman–Crippen MR) is 145 cm³/mol. The van der Waals surface area contributed by atoms with Crippen molar-refractivity contribution in [1.82, 2.24) is 14.9 Å². The molecular formula is C28H25FN4O3Si. The second-order valence-corrected chi connectivity index (χ2v) is 12.1. The summed E-state index contributed by atoms with van der Waals surface area (Å²) in [7, 11) is -3.75. The number of halogens is 1. The highest BCUT2D eigenvalue weighted by Gasteiger charge is 2.40. The van der Waals surface area contributed by atoms with Crippen LogP contribution in [0.4, 0.5) is 10.1 Å². The minimum Gasteiger partial charge on any atom is -0.390 e. The summed E-state index contributed by atoms with van der Waals surface area (Å²) in [6.45, 7) is 0.0384. The SMILES string of the molecule is O=C(Cn1ccnc1[N+](=O)[O-])NCCC[Si](F)(c1cccc2ccccc12)c1cccc2ccccc12. The minimum atomic E-state index is -3.75. The number of benzene rings is 4. The summed E-state index contributed by atoms with van der Waals surface area (Å²) in [6.07, 6.45) is 3.09. The summed E-state index contributed by atoms with van der Waals surface area (Å²) in [4.78, 5) is 26.5. The molecule has 186 valence electrons. The topological polar surface area (TPSA) is 90.1 Å². The van der Waals surface area contributed by atoms with E-state index in [0.29, 0.717) is 6.42 Å². The lowest BCUT2D eigenvalue weighted by Gasteiger charge is -2.26. The molecule has 0 saturated heterocycles. The zero-order chi connectivity index (χ0) is 25.8. The van der Waals surface area contributed by atoms with Gasteiger partial charge in [0.15, 0.2) is 6.54 Å². The van der Waals surface area contributed by atoms with Crippen LogP contribution in [-0.2, 0) is 11.3 Å². The molecule has 0 aliphatic rings. The fourth-order valence-corrected chi connectivity index (χ4v) is 8.45. The van der Waals surface area contributed by atoms with Crippen LogP contribution in [0, 0.1) is 10.1 Å². The average Bonchev–Trinajstić information content (AvgIpc) is 3.39. The lowest BCUT2D eigenvalue weighted by Crippen LogP contribution is -2.55. The largest absolute Gasteiger partial charge is 0.435 e. The van der Waals surface area contributed by atoms with Crippen LogP contribution in [0.2, 0.25) is 6.04 Å². The van der Waals surface area contributed by atoms with Gasteiger partial charge in [-0.2, -0.15) is 0 Å². The summed E-state index contributed by atoms with van der Waals surface area (Å²) < 4.78 is 18.8. The van der Waals surface area contributed by atoms with E-state index in [4.69, 9.17) is 0 Å². The van der Waals surface area contributed by atoms with E-state index < -0.39 is 19.3 Å². The summed E-state index contributed by atoms with van der Waals surface area (Å²) in [5, 5.41) is 19.1. The van der Waals surface area contributed by atoms with E-state index in [9.17, 15) is 14.9 Å². The highest BCUT2D eigenvalue weighted by atomic mass is 28.4. The number of amides is 1. The highest BCUT2D eigenvalue weighted by Crippen LogP contribution is 2.24. The van der Waals surface area contributed by atoms with Crippen LogP contribution in [0.3, 0.4) is 0 Å². The number of hydrogen-bond acceptors (Lipinski definition) is 4. The van der Waals surface area contributed by atoms with Gasteiger partial charge in [-0.05, 0) is 49.3 Å². The monoisotopic (exact) mass is 512 g/mol. The fraction of sp³-hybridized carbons (Fsp3) is 0.143. The molecule has 1 heterocycles. The Labute approximate surface area is 213 Å². The van der Waals surface area contributed by atoms with Crippen molar-refractivity contribution in [1.29, 1.82) is 0 Å². The second-order valence-electron chi connectivity index (χ2n) is 8.92. The standard InChI is InChI=1S/C28H25FN4O3Si/c29-37(25-14-5-10-21-8-1-3-12-23(21)25,26-15-6-11-22-9-2-4-13-24(22)26)19-7-16-30-27(34)20-32-18-17-31-28(32)33(35)36/h1-6,8-15,17-18H,7,16,19-20H2,(H,30,34). The number of nitrogens with zero attached hydrogens (tertiary/aromatic N) is 3. The minimum absolute atomic E-state index is 0.221. The zero-order valence-electron chi connectivity index (χ0n) is 20.0. The van der Waals surface area contributed by atoms with Crippen LogP contribution in [0.5, 0.6) is 0 Å². The number of nitro groups is 1. The first-order valence-electron chi connectivity index (χ1n) is 12.0. The molecule has 7 nitrogen and oxygen atoms in total. The molecule has 0 atom stereocenters. The van der Waals surface area contributed by atoms with E-state index in [0.717, 1.165) is 31.9 Å². The maximum atomic E-state index is 17.6. The van der Waals surface area contributed by atoms with Crippen LogP contribution in [0.25, 0.3) is 21.5 Å². The molecule has 0 saturated carbocycles. The van der Waals surface area contributed by atoms with E-state index in [2.05, 4.69) is 10.3 Å². The van der Waals surface area contributed by atoms with Crippen molar-refractivity contribution < 1.29 is 13.8 Å². The van der Waals surface area contributed by atoms with Gasteiger partial charge in [0.05, 0.1) is 0 Å². The van der Waals surface area contributed by atoms with Gasteiger partial charge in [-0.3, -0.25) is 4.79 Å². The molecule has 0 bridgehead atoms. The molecule has 5 rings (SSSR count). The number of aromatic nitrogens is 2. The Morgan fingerprint density at radius 3 is 2.08 bits per heavy atom. The number of rotatable bonds is 9. The third-order valence-corrected chi connectivity index (χ3v) is 10.2. The first-order chi connectivity index (χ1) is 18.0. The quantitative estimate of drug-likeness (QED) is 0.105. The van der Waals surface area contributed by atoms with E-state index in [1.165, 1.54) is 17.0 Å². The van der Waals surface area contributed by atoms with Crippen molar-refractivity contribution in [3.8, 4) is 0 Å². The molecule has 1 N–H and O–H groups in total. The number of nitrogens with one attached hydrogen (secondary N) is 1. The molecule has 0 spiro atoms. The Kier molecular flexibility index (Phi) is 6.78. The Morgan fingerprint density at radius 2 is 1.49 bits per heavy atom. The van der Waals surface area contributed by atoms with Crippen LogP contribution in [0.15, 0.2) is 97.3 Å². The van der Waals surface area contributed by atoms with Crippen LogP contribution in [-0.4, -0.2) is 35.3 Å². The molecule has 5 aromatic rings. The fourth-order valence-electron chi connectivity index (χ4n) is 4.92. The molecule has 0 fully saturated rings.